The molecule has 1 saturated carbocycles. The average Bonchev–Trinajstić information content (AvgIpc) is 0.771. The highest BCUT2D eigenvalue weighted by atomic mass is 33.1. The number of H-pyrrole nitrogens is 1. The molecule has 1 aliphatic carbocycles. The zero-order valence-corrected chi connectivity index (χ0v) is 78.6. The van der Waals surface area contributed by atoms with E-state index in [1.54, 1.807) is 47.1 Å². The van der Waals surface area contributed by atoms with Crippen LogP contribution in [0.2, 0.25) is 0 Å². The Morgan fingerprint density at radius 2 is 1.47 bits per heavy atom. The number of aliphatic hydroxyl groups is 3. The Hall–Kier alpha value is -9.61. The molecule has 3 aromatic rings. The number of aliphatic hydroxyl groups excluding tert-OH is 2. The van der Waals surface area contributed by atoms with Crippen LogP contribution in [-0.4, -0.2) is 284 Å². The number of nitrogen functional groups attached to an aromatic ring is 1. The van der Waals surface area contributed by atoms with Crippen LogP contribution in [0.4, 0.5) is 21.2 Å². The molecule has 0 radical (unpaired) electrons. The van der Waals surface area contributed by atoms with Crippen molar-refractivity contribution in [1.82, 2.24) is 57.0 Å². The van der Waals surface area contributed by atoms with Gasteiger partial charge in [0, 0.05) is 105 Å². The number of amides is 6. The number of carbonyl (C=O) groups excluding carboxylic acids is 11. The molecule has 3 aliphatic heterocycles. The number of ketones is 3. The lowest BCUT2D eigenvalue weighted by Gasteiger charge is -2.42. The summed E-state index contributed by atoms with van der Waals surface area (Å²) in [6, 6.07) is 1.00. The molecule has 18 atom stereocenters. The molecule has 0 unspecified atom stereocenters. The fraction of sp³-hybridized carbons (Fsp3) is 0.621. The number of allylic oxidation sites excluding steroid dienone is 6. The van der Waals surface area contributed by atoms with Gasteiger partial charge in [0.05, 0.1) is 49.5 Å². The molecule has 40 nitrogen and oxygen atoms in total. The first-order valence-electron chi connectivity index (χ1n) is 43.6. The Morgan fingerprint density at radius 1 is 0.756 bits per heavy atom. The van der Waals surface area contributed by atoms with Crippen molar-refractivity contribution in [3.05, 3.63) is 94.8 Å². The minimum atomic E-state index is -2.51. The Morgan fingerprint density at radius 3 is 2.18 bits per heavy atom. The Labute approximate surface area is 776 Å². The van der Waals surface area contributed by atoms with Gasteiger partial charge in [-0.2, -0.15) is 4.98 Å². The number of piperidine rings is 1. The number of carboxylic acid groups (broad SMARTS) is 2. The monoisotopic (exact) mass is 1910 g/mol. The number of nitrogens with two attached hydrogens (primary N) is 1. The van der Waals surface area contributed by atoms with Gasteiger partial charge in [-0.25, -0.2) is 39.4 Å². The van der Waals surface area contributed by atoms with Gasteiger partial charge in [0.15, 0.2) is 22.4 Å². The fourth-order valence-corrected chi connectivity index (χ4v) is 19.1. The number of ether oxygens (including phenoxy) is 8. The number of hydrogen-bond donors (Lipinski definition) is 15. The number of Topliss-reactive ketones (excluding diaryl/α,β-unsaturated/α-hetero) is 3. The van der Waals surface area contributed by atoms with Gasteiger partial charge >= 0.3 is 30.2 Å². The molecule has 724 valence electrons. The molecule has 3 fully saturated rings. The molecule has 16 N–H and O–H groups in total. The number of nitrogens with zero attached hydrogens (tertiary/aromatic N) is 4. The van der Waals surface area contributed by atoms with Crippen LogP contribution < -0.4 is 48.7 Å². The van der Waals surface area contributed by atoms with Gasteiger partial charge in [0.1, 0.15) is 68.1 Å². The van der Waals surface area contributed by atoms with Gasteiger partial charge in [-0.1, -0.05) is 114 Å². The molecule has 1 aromatic carbocycles. The number of methoxy groups -OCH3 is 2. The van der Waals surface area contributed by atoms with Gasteiger partial charge in [-0.05, 0) is 145 Å². The van der Waals surface area contributed by atoms with Crippen LogP contribution >= 0.6 is 43.2 Å². The summed E-state index contributed by atoms with van der Waals surface area (Å²) >= 11 is 0. The van der Waals surface area contributed by atoms with Crippen LogP contribution in [0.5, 0.6) is 0 Å². The largest absolute Gasteiger partial charge is 0.508 e. The minimum Gasteiger partial charge on any atom is -0.480 e. The molecule has 6 amide bonds. The maximum Gasteiger partial charge on any atom is 0.508 e. The van der Waals surface area contributed by atoms with Crippen LogP contribution in [-0.2, 0) is 92.4 Å². The number of anilines is 2. The molecule has 2 saturated heterocycles. The number of hydrazine groups is 1. The van der Waals surface area contributed by atoms with E-state index in [2.05, 4.69) is 51.9 Å². The SMILES string of the molecule is CN[C@@H](CNC(=O)CCSSCCOC(=O)OCCO[C@@H]1CC[C@@H](C[C@@H](C)[C@@H]2CC(=O)[C@H](C)/C=C(\C)[C@@H](O)[C@@H](O)C(=O)[C@H](C)C[C@H](C)/C=C/C=C/C=C(\C)[C@@H](OC)C[C@@H]3CC[C@@H](C)[C@@](O)(O3)C(=O)C(=O)N3CCCC[C@H]3C(=O)O2)C[C@H]1OC)C(=O)N[C@@H](CSSCCOC(=O)NNC(=O)CC[C@H](NC(=O)c1ccc(NCc2cnc3nc(N)[nH]c(=N)c3n2)cc1)C(=O)O)C(=O)O. The van der Waals surface area contributed by atoms with Crippen LogP contribution in [0.3, 0.4) is 0 Å². The van der Waals surface area contributed by atoms with Crippen molar-refractivity contribution in [3.8, 4) is 0 Å². The van der Waals surface area contributed by atoms with E-state index in [1.807, 2.05) is 56.6 Å². The lowest BCUT2D eigenvalue weighted by atomic mass is 9.78. The minimum absolute atomic E-state index is 0.00783. The number of esters is 1. The molecule has 7 rings (SSSR count). The van der Waals surface area contributed by atoms with E-state index in [0.29, 0.717) is 80.7 Å². The number of cyclic esters (lactones) is 1. The highest BCUT2D eigenvalue weighted by molar-refractivity contribution is 8.77. The standard InChI is InChI=1S/C87H126N14O26S4/c1-48-16-12-11-13-17-49(2)66(120-9)42-59-25-19-54(7)87(119,127-59)75(108)80(111)101-30-15-14-18-63(101)83(116)126-67(43-64(102)50(3)39-53(6)73(106)74(107)72(105)52(5)38-48)51(4)40-55-20-27-65(68(41-55)121-10)122-31-32-124-86(118)125-34-37-129-128-35-29-69(103)92-46-61(90-8)79(110)96-62(82(114)115)47-131-130-36-33-123-85(117)100-99-70(104)28-26-60(81(112)113)95-78(109)56-21-23-57(24-22-56)91-44-58-45-93-77-71(94-58)76(88)97-84(89)98-77/h11-13,16-17,21-24,39,45,48,50-52,54-55,59-63,65-68,73-74,90-91,106-107,119H,14-15,18-20,25-38,40-44,46-47H2,1-10H3,(H,92,103)(H,95,109)(H,96,110)(H,99,104)(H,100,117)(H,112,113)(H,114,115)(H4,88,89,93,97,98)/b13-11+,16-12+,49-17+,53-39+/t48-,50-,51-,52-,54-,55+,59+,60+,61+,62+,63+,65-,66+,67+,68-,73-,74+,87-/m1/s1. The zero-order chi connectivity index (χ0) is 96.0. The molecule has 0 spiro atoms. The number of hydrogen-bond acceptors (Lipinski definition) is 35. The van der Waals surface area contributed by atoms with Crippen molar-refractivity contribution in [2.75, 3.05) is 94.8 Å². The Kier molecular flexibility index (Phi) is 45.6. The van der Waals surface area contributed by atoms with Crippen LogP contribution in [0.15, 0.2) is 78.1 Å². The van der Waals surface area contributed by atoms with E-state index >= 15 is 0 Å². The van der Waals surface area contributed by atoms with E-state index in [0.717, 1.165) is 32.1 Å². The predicted octanol–water partition coefficient (Wildman–Crippen LogP) is 5.89. The van der Waals surface area contributed by atoms with Gasteiger partial charge in [0.2, 0.25) is 29.5 Å². The first kappa shape index (κ1) is 108. The third kappa shape index (κ3) is 35.1. The van der Waals surface area contributed by atoms with Crippen molar-refractivity contribution in [2.24, 2.45) is 35.5 Å². The number of carboxylic acids is 2. The Balaban J connectivity index is 0.765. The van der Waals surface area contributed by atoms with Crippen LogP contribution in [0, 0.1) is 40.9 Å². The zero-order valence-electron chi connectivity index (χ0n) is 75.4. The van der Waals surface area contributed by atoms with E-state index in [4.69, 9.17) is 49.0 Å². The van der Waals surface area contributed by atoms with Crippen molar-refractivity contribution in [2.45, 2.75) is 224 Å². The number of aromatic nitrogens is 4. The molecule has 2 aromatic heterocycles. The summed E-state index contributed by atoms with van der Waals surface area (Å²) in [7, 11) is 9.43. The van der Waals surface area contributed by atoms with Crippen LogP contribution in [0.25, 0.3) is 11.2 Å². The number of rotatable bonds is 37. The first-order chi connectivity index (χ1) is 62.4. The van der Waals surface area contributed by atoms with Gasteiger partial charge in [-0.15, -0.1) is 0 Å². The Bertz CT molecular complexity index is 4570. The molecule has 44 heteroatoms. The highest BCUT2D eigenvalue weighted by Crippen LogP contribution is 2.39. The predicted molar refractivity (Wildman–Crippen MR) is 488 cm³/mol. The fourth-order valence-electron chi connectivity index (χ4n) is 15.3. The number of aromatic amines is 1. The normalized spacial score (nSPS) is 26.3. The van der Waals surface area contributed by atoms with Gasteiger partial charge < -0.3 is 106 Å². The maximum atomic E-state index is 14.7. The number of benzene rings is 1. The molecule has 4 aliphatic rings. The number of likely N-dealkylation sites (N-methyl/N-ethyl adjacent to an activating group) is 1. The van der Waals surface area contributed by atoms with Gasteiger partial charge in [0.25, 0.3) is 17.6 Å². The highest BCUT2D eigenvalue weighted by Gasteiger charge is 2.53. The lowest BCUT2D eigenvalue weighted by Crippen LogP contribution is -2.61. The van der Waals surface area contributed by atoms with Crippen LogP contribution in [0.1, 0.15) is 161 Å². The second-order valence-corrected chi connectivity index (χ2v) is 38.2. The number of carbonyl (C=O) groups is 13. The third-order valence-electron chi connectivity index (χ3n) is 22.9. The average molecular weight is 1910 g/mol. The molecular formula is C87H126N14O26S4. The van der Waals surface area contributed by atoms with Gasteiger partial charge in [-0.3, -0.25) is 49.2 Å². The van der Waals surface area contributed by atoms with E-state index in [-0.39, 0.29) is 147 Å². The van der Waals surface area contributed by atoms with Crippen molar-refractivity contribution >= 4 is 143 Å². The summed E-state index contributed by atoms with van der Waals surface area (Å²) in [6.07, 6.45) is 7.45. The molecular weight excluding hydrogens is 1790 g/mol. The van der Waals surface area contributed by atoms with Crippen molar-refractivity contribution in [3.63, 3.8) is 0 Å². The summed E-state index contributed by atoms with van der Waals surface area (Å²) in [5.41, 5.74) is 12.3. The summed E-state index contributed by atoms with van der Waals surface area (Å²) in [4.78, 5) is 188. The second kappa shape index (κ2) is 55.2. The van der Waals surface area contributed by atoms with Crippen molar-refractivity contribution in [1.29, 1.82) is 5.41 Å². The first-order valence-corrected chi connectivity index (χ1v) is 48.6. The summed E-state index contributed by atoms with van der Waals surface area (Å²) in [5, 5.41) is 75.6. The smallest absolute Gasteiger partial charge is 0.480 e. The van der Waals surface area contributed by atoms with E-state index in [1.165, 1.54) is 60.0 Å². The van der Waals surface area contributed by atoms with E-state index < -0.39 is 168 Å². The summed E-state index contributed by atoms with van der Waals surface area (Å²) in [5.74, 6) is -14.1. The van der Waals surface area contributed by atoms with Crippen molar-refractivity contribution < 1.29 is 126 Å². The quantitative estimate of drug-likeness (QED) is 0.00608. The molecule has 131 heavy (non-hydrogen) atoms. The summed E-state index contributed by atoms with van der Waals surface area (Å²) < 4.78 is 46.0. The number of nitrogens with one attached hydrogen (secondary N) is 9. The topological polar surface area (TPSA) is 589 Å². The molecule has 2 bridgehead atoms. The third-order valence-corrected chi connectivity index (χ3v) is 27.7. The summed E-state index contributed by atoms with van der Waals surface area (Å²) in [6.45, 7) is 11.8. The number of aliphatic carboxylic acids is 2. The van der Waals surface area contributed by atoms with E-state index in [9.17, 15) is 87.9 Å². The number of fused-ring (bicyclic) bond motifs is 4. The molecule has 5 heterocycles. The maximum absolute atomic E-state index is 14.7. The second-order valence-electron chi connectivity index (χ2n) is 32.9. The lowest BCUT2D eigenvalue weighted by molar-refractivity contribution is -0.265.